The van der Waals surface area contributed by atoms with E-state index < -0.39 is 5.91 Å². The predicted octanol–water partition coefficient (Wildman–Crippen LogP) is 1.86. The summed E-state index contributed by atoms with van der Waals surface area (Å²) in [6.45, 7) is 0. The maximum Gasteiger partial charge on any atom is 0.259 e. The number of hydrogen-bond acceptors (Lipinski definition) is 3. The molecule has 0 saturated carbocycles. The lowest BCUT2D eigenvalue weighted by atomic mass is 10.0. The molecule has 2 N–H and O–H groups in total. The Morgan fingerprint density at radius 2 is 2.05 bits per heavy atom. The zero-order valence-corrected chi connectivity index (χ0v) is 10.8. The number of carbonyl (C=O) groups is 3. The predicted molar refractivity (Wildman–Crippen MR) is 73.3 cm³/mol. The highest BCUT2D eigenvalue weighted by Crippen LogP contribution is 2.23. The number of allylic oxidation sites excluding steroid dienone is 2. The lowest BCUT2D eigenvalue weighted by molar-refractivity contribution is -0.116. The van der Waals surface area contributed by atoms with E-state index in [0.29, 0.717) is 29.2 Å². The van der Waals surface area contributed by atoms with Crippen LogP contribution < -0.4 is 10.6 Å². The summed E-state index contributed by atoms with van der Waals surface area (Å²) in [5.74, 6) is -0.584. The number of hydrogen-bond donors (Lipinski definition) is 2. The third kappa shape index (κ3) is 2.34. The average molecular weight is 270 g/mol. The highest BCUT2D eigenvalue weighted by molar-refractivity contribution is 6.22. The third-order valence-electron chi connectivity index (χ3n) is 3.58. The molecular formula is C15H14N2O3. The molecule has 1 heterocycles. The van der Waals surface area contributed by atoms with E-state index in [-0.39, 0.29) is 11.8 Å². The second kappa shape index (κ2) is 4.92. The van der Waals surface area contributed by atoms with Gasteiger partial charge in [0.25, 0.3) is 11.8 Å². The number of fused-ring (bicyclic) bond motifs is 1. The maximum absolute atomic E-state index is 11.9. The van der Waals surface area contributed by atoms with E-state index >= 15 is 0 Å². The molecule has 5 heteroatoms. The lowest BCUT2D eigenvalue weighted by Crippen LogP contribution is -2.19. The van der Waals surface area contributed by atoms with Gasteiger partial charge in [-0.3, -0.25) is 19.7 Å². The van der Waals surface area contributed by atoms with E-state index in [1.54, 1.807) is 12.1 Å². The highest BCUT2D eigenvalue weighted by atomic mass is 16.2. The van der Waals surface area contributed by atoms with Crippen LogP contribution in [0.1, 0.15) is 40.0 Å². The number of benzene rings is 1. The smallest absolute Gasteiger partial charge is 0.259 e. The first-order valence-electron chi connectivity index (χ1n) is 6.60. The van der Waals surface area contributed by atoms with Crippen molar-refractivity contribution in [1.29, 1.82) is 0 Å². The Balaban J connectivity index is 1.70. The van der Waals surface area contributed by atoms with E-state index in [4.69, 9.17) is 0 Å². The Labute approximate surface area is 116 Å². The fourth-order valence-electron chi connectivity index (χ4n) is 2.56. The van der Waals surface area contributed by atoms with Crippen LogP contribution in [-0.2, 0) is 4.79 Å². The molecule has 1 aromatic rings. The number of carbonyl (C=O) groups excluding carboxylic acids is 3. The highest BCUT2D eigenvalue weighted by Gasteiger charge is 2.26. The van der Waals surface area contributed by atoms with E-state index in [9.17, 15) is 14.4 Å². The van der Waals surface area contributed by atoms with Crippen LogP contribution in [0.15, 0.2) is 30.4 Å². The van der Waals surface area contributed by atoms with Gasteiger partial charge in [-0.25, -0.2) is 0 Å². The summed E-state index contributed by atoms with van der Waals surface area (Å²) in [6.07, 6.45) is 6.63. The first-order chi connectivity index (χ1) is 9.63. The topological polar surface area (TPSA) is 75.3 Å². The van der Waals surface area contributed by atoms with Crippen molar-refractivity contribution in [2.45, 2.75) is 19.3 Å². The zero-order valence-electron chi connectivity index (χ0n) is 10.8. The Hall–Kier alpha value is -2.43. The minimum atomic E-state index is -0.417. The lowest BCUT2D eigenvalue weighted by Gasteiger charge is -2.09. The van der Waals surface area contributed by atoms with E-state index in [2.05, 4.69) is 22.8 Å². The standard InChI is InChI=1S/C15H14N2O3/c18-13(7-9-3-1-2-4-9)16-10-5-6-11-12(8-10)15(20)17-14(11)19/h1,3,5-6,8-9H,2,4,7H2,(H,16,18)(H,17,19,20). The molecule has 0 fully saturated rings. The van der Waals surface area contributed by atoms with Crippen LogP contribution in [0.3, 0.4) is 0 Å². The van der Waals surface area contributed by atoms with Gasteiger partial charge in [-0.2, -0.15) is 0 Å². The van der Waals surface area contributed by atoms with Gasteiger partial charge in [0.1, 0.15) is 0 Å². The average Bonchev–Trinajstić information content (AvgIpc) is 2.99. The molecule has 20 heavy (non-hydrogen) atoms. The van der Waals surface area contributed by atoms with E-state index in [1.165, 1.54) is 6.07 Å². The zero-order chi connectivity index (χ0) is 14.1. The summed E-state index contributed by atoms with van der Waals surface area (Å²) >= 11 is 0. The molecule has 1 aliphatic heterocycles. The summed E-state index contributed by atoms with van der Waals surface area (Å²) in [5, 5.41) is 4.99. The van der Waals surface area contributed by atoms with Crippen LogP contribution in [0.4, 0.5) is 5.69 Å². The SMILES string of the molecule is O=C(CC1C=CCC1)Nc1ccc2c(c1)C(=O)NC2=O. The summed E-state index contributed by atoms with van der Waals surface area (Å²) in [4.78, 5) is 34.9. The molecule has 0 bridgehead atoms. The fourth-order valence-corrected chi connectivity index (χ4v) is 2.56. The van der Waals surface area contributed by atoms with Crippen LogP contribution >= 0.6 is 0 Å². The molecule has 0 radical (unpaired) electrons. The Kier molecular flexibility index (Phi) is 3.10. The molecule has 2 aliphatic rings. The molecule has 102 valence electrons. The number of amides is 3. The van der Waals surface area contributed by atoms with E-state index in [0.717, 1.165) is 12.8 Å². The number of imide groups is 1. The molecule has 3 amide bonds. The molecule has 1 aromatic carbocycles. The van der Waals surface area contributed by atoms with Crippen molar-refractivity contribution in [2.24, 2.45) is 5.92 Å². The Bertz CT molecular complexity index is 634. The van der Waals surface area contributed by atoms with E-state index in [1.807, 2.05) is 0 Å². The second-order valence-corrected chi connectivity index (χ2v) is 5.06. The van der Waals surface area contributed by atoms with Gasteiger partial charge in [0.15, 0.2) is 0 Å². The summed E-state index contributed by atoms with van der Waals surface area (Å²) < 4.78 is 0. The minimum Gasteiger partial charge on any atom is -0.326 e. The molecule has 1 aliphatic carbocycles. The van der Waals surface area contributed by atoms with Crippen molar-refractivity contribution in [2.75, 3.05) is 5.32 Å². The molecule has 0 spiro atoms. The van der Waals surface area contributed by atoms with Crippen LogP contribution in [0.5, 0.6) is 0 Å². The maximum atomic E-state index is 11.9. The van der Waals surface area contributed by atoms with Gasteiger partial charge in [-0.15, -0.1) is 0 Å². The monoisotopic (exact) mass is 270 g/mol. The summed E-state index contributed by atoms with van der Waals surface area (Å²) in [6, 6.07) is 4.73. The van der Waals surface area contributed by atoms with Gasteiger partial charge in [-0.1, -0.05) is 12.2 Å². The van der Waals surface area contributed by atoms with Gasteiger partial charge in [0.05, 0.1) is 11.1 Å². The first-order valence-corrected chi connectivity index (χ1v) is 6.60. The number of rotatable bonds is 3. The molecular weight excluding hydrogens is 256 g/mol. The second-order valence-electron chi connectivity index (χ2n) is 5.06. The minimum absolute atomic E-state index is 0.0776. The van der Waals surface area contributed by atoms with Crippen molar-refractivity contribution in [1.82, 2.24) is 5.32 Å². The quantitative estimate of drug-likeness (QED) is 0.650. The molecule has 3 rings (SSSR count). The van der Waals surface area contributed by atoms with Crippen LogP contribution in [0.2, 0.25) is 0 Å². The summed E-state index contributed by atoms with van der Waals surface area (Å²) in [7, 11) is 0. The summed E-state index contributed by atoms with van der Waals surface area (Å²) in [5.41, 5.74) is 1.21. The molecule has 1 unspecified atom stereocenters. The van der Waals surface area contributed by atoms with Gasteiger partial charge < -0.3 is 5.32 Å². The molecule has 0 saturated heterocycles. The Morgan fingerprint density at radius 1 is 1.25 bits per heavy atom. The third-order valence-corrected chi connectivity index (χ3v) is 3.58. The molecule has 0 aromatic heterocycles. The Morgan fingerprint density at radius 3 is 2.80 bits per heavy atom. The van der Waals surface area contributed by atoms with Crippen LogP contribution in [0, 0.1) is 5.92 Å². The molecule has 1 atom stereocenters. The normalized spacial score (nSPS) is 19.9. The number of nitrogens with one attached hydrogen (secondary N) is 2. The largest absolute Gasteiger partial charge is 0.326 e. The van der Waals surface area contributed by atoms with Crippen molar-refractivity contribution in [3.63, 3.8) is 0 Å². The first kappa shape index (κ1) is 12.6. The van der Waals surface area contributed by atoms with Crippen molar-refractivity contribution >= 4 is 23.4 Å². The van der Waals surface area contributed by atoms with Crippen LogP contribution in [-0.4, -0.2) is 17.7 Å². The van der Waals surface area contributed by atoms with Gasteiger partial charge in [0, 0.05) is 12.1 Å². The fraction of sp³-hybridized carbons (Fsp3) is 0.267. The van der Waals surface area contributed by atoms with Crippen molar-refractivity contribution in [3.05, 3.63) is 41.5 Å². The van der Waals surface area contributed by atoms with Gasteiger partial charge in [0.2, 0.25) is 5.91 Å². The molecule has 5 nitrogen and oxygen atoms in total. The van der Waals surface area contributed by atoms with Gasteiger partial charge in [-0.05, 0) is 37.0 Å². The number of anilines is 1. The van der Waals surface area contributed by atoms with Gasteiger partial charge >= 0.3 is 0 Å². The van der Waals surface area contributed by atoms with Crippen molar-refractivity contribution in [3.8, 4) is 0 Å². The van der Waals surface area contributed by atoms with Crippen molar-refractivity contribution < 1.29 is 14.4 Å². The van der Waals surface area contributed by atoms with Crippen LogP contribution in [0.25, 0.3) is 0 Å².